The minimum absolute atomic E-state index is 1.04. The number of hydrogen-bond donors (Lipinski definition) is 0. The van der Waals surface area contributed by atoms with Crippen molar-refractivity contribution in [1.29, 1.82) is 0 Å². The number of rotatable bonds is 2. The number of thiazole rings is 2. The lowest BCUT2D eigenvalue weighted by molar-refractivity contribution is 1.48. The molecule has 0 spiro atoms. The summed E-state index contributed by atoms with van der Waals surface area (Å²) in [4.78, 5) is 9.92. The van der Waals surface area contributed by atoms with E-state index in [1.54, 1.807) is 22.7 Å². The number of aromatic nitrogens is 2. The number of hydrogen-bond acceptors (Lipinski definition) is 4. The van der Waals surface area contributed by atoms with Crippen LogP contribution in [0.5, 0.6) is 0 Å². The summed E-state index contributed by atoms with van der Waals surface area (Å²) in [7, 11) is 0. The van der Waals surface area contributed by atoms with E-state index in [0.717, 1.165) is 32.2 Å². The lowest BCUT2D eigenvalue weighted by Crippen LogP contribution is -1.77. The van der Waals surface area contributed by atoms with Crippen LogP contribution in [-0.2, 0) is 0 Å². The summed E-state index contributed by atoms with van der Waals surface area (Å²) in [6.45, 7) is 0. The molecule has 0 unspecified atom stereocenters. The van der Waals surface area contributed by atoms with Gasteiger partial charge in [-0.1, -0.05) is 72.8 Å². The number of benzene rings is 5. The fourth-order valence-electron chi connectivity index (χ4n) is 4.24. The van der Waals surface area contributed by atoms with Gasteiger partial charge < -0.3 is 0 Å². The van der Waals surface area contributed by atoms with Crippen LogP contribution in [0.3, 0.4) is 0 Å². The first-order valence-electron chi connectivity index (χ1n) is 10.5. The van der Waals surface area contributed by atoms with Crippen LogP contribution in [0.2, 0.25) is 0 Å². The zero-order valence-corrected chi connectivity index (χ0v) is 18.6. The van der Waals surface area contributed by atoms with Crippen molar-refractivity contribution in [1.82, 2.24) is 9.97 Å². The molecule has 0 atom stereocenters. The van der Waals surface area contributed by atoms with E-state index in [0.29, 0.717) is 0 Å². The highest BCUT2D eigenvalue weighted by atomic mass is 32.1. The van der Waals surface area contributed by atoms with Crippen molar-refractivity contribution in [3.63, 3.8) is 0 Å². The van der Waals surface area contributed by atoms with Crippen LogP contribution >= 0.6 is 22.7 Å². The molecule has 0 aliphatic heterocycles. The Morgan fingerprint density at radius 2 is 0.875 bits per heavy atom. The van der Waals surface area contributed by atoms with Gasteiger partial charge in [-0.2, -0.15) is 0 Å². The highest BCUT2D eigenvalue weighted by molar-refractivity contribution is 7.23. The number of nitrogens with zero attached hydrogens (tertiary/aromatic N) is 2. The summed E-state index contributed by atoms with van der Waals surface area (Å²) in [5, 5.41) is 7.10. The topological polar surface area (TPSA) is 25.8 Å². The van der Waals surface area contributed by atoms with Gasteiger partial charge in [0.15, 0.2) is 0 Å². The van der Waals surface area contributed by atoms with Crippen molar-refractivity contribution in [2.24, 2.45) is 0 Å². The minimum Gasteiger partial charge on any atom is -0.236 e. The van der Waals surface area contributed by atoms with Gasteiger partial charge in [-0.25, -0.2) is 9.97 Å². The van der Waals surface area contributed by atoms with Crippen molar-refractivity contribution in [2.45, 2.75) is 0 Å². The van der Waals surface area contributed by atoms with Gasteiger partial charge in [0, 0.05) is 11.1 Å². The monoisotopic (exact) mass is 444 g/mol. The first kappa shape index (κ1) is 18.0. The molecule has 7 rings (SSSR count). The molecule has 0 amide bonds. The SMILES string of the molecule is c1ccc2cc(-c3nc4cc5sc(-c6ccc7ccccc7c6)nc5cc4s3)ccc2c1. The van der Waals surface area contributed by atoms with Gasteiger partial charge in [-0.15, -0.1) is 22.7 Å². The van der Waals surface area contributed by atoms with E-state index in [9.17, 15) is 0 Å². The minimum atomic E-state index is 1.04. The summed E-state index contributed by atoms with van der Waals surface area (Å²) in [6.07, 6.45) is 0. The van der Waals surface area contributed by atoms with E-state index in [1.165, 1.54) is 30.9 Å². The number of fused-ring (bicyclic) bond motifs is 4. The Bertz CT molecular complexity index is 1610. The molecule has 0 bridgehead atoms. The summed E-state index contributed by atoms with van der Waals surface area (Å²) >= 11 is 3.47. The largest absolute Gasteiger partial charge is 0.236 e. The molecule has 0 aliphatic rings. The van der Waals surface area contributed by atoms with Crippen LogP contribution in [0.15, 0.2) is 97.1 Å². The van der Waals surface area contributed by atoms with E-state index < -0.39 is 0 Å². The van der Waals surface area contributed by atoms with Crippen LogP contribution in [0, 0.1) is 0 Å². The van der Waals surface area contributed by atoms with Crippen LogP contribution in [0.4, 0.5) is 0 Å². The summed E-state index contributed by atoms with van der Waals surface area (Å²) in [5.74, 6) is 0. The third-order valence-corrected chi connectivity index (χ3v) is 8.03. The van der Waals surface area contributed by atoms with Gasteiger partial charge in [0.1, 0.15) is 10.0 Å². The Labute approximate surface area is 192 Å². The van der Waals surface area contributed by atoms with Gasteiger partial charge in [0.05, 0.1) is 20.4 Å². The normalized spacial score (nSPS) is 11.8. The molecule has 150 valence electrons. The van der Waals surface area contributed by atoms with Crippen LogP contribution in [-0.4, -0.2) is 9.97 Å². The van der Waals surface area contributed by atoms with Crippen molar-refractivity contribution in [2.75, 3.05) is 0 Å². The fourth-order valence-corrected chi connectivity index (χ4v) is 6.19. The molecule has 0 saturated heterocycles. The smallest absolute Gasteiger partial charge is 0.124 e. The van der Waals surface area contributed by atoms with E-state index in [2.05, 4.69) is 97.1 Å². The van der Waals surface area contributed by atoms with E-state index in [4.69, 9.17) is 9.97 Å². The quantitative estimate of drug-likeness (QED) is 0.267. The molecular formula is C28H16N2S2. The Hall–Kier alpha value is -3.60. The second-order valence-electron chi connectivity index (χ2n) is 7.95. The maximum absolute atomic E-state index is 4.96. The van der Waals surface area contributed by atoms with Crippen LogP contribution in [0.25, 0.3) is 63.1 Å². The predicted molar refractivity (Wildman–Crippen MR) is 139 cm³/mol. The molecule has 5 aromatic carbocycles. The lowest BCUT2D eigenvalue weighted by Gasteiger charge is -2.00. The third-order valence-electron chi connectivity index (χ3n) is 5.89. The van der Waals surface area contributed by atoms with Gasteiger partial charge in [-0.3, -0.25) is 0 Å². The average Bonchev–Trinajstić information content (AvgIpc) is 3.45. The summed E-state index contributed by atoms with van der Waals surface area (Å²) < 4.78 is 2.35. The van der Waals surface area contributed by atoms with Crippen LogP contribution < -0.4 is 0 Å². The van der Waals surface area contributed by atoms with Crippen molar-refractivity contribution in [3.8, 4) is 21.1 Å². The van der Waals surface area contributed by atoms with Crippen molar-refractivity contribution >= 4 is 64.7 Å². The van der Waals surface area contributed by atoms with E-state index >= 15 is 0 Å². The first-order chi connectivity index (χ1) is 15.8. The molecule has 2 nitrogen and oxygen atoms in total. The van der Waals surface area contributed by atoms with E-state index in [-0.39, 0.29) is 0 Å². The molecule has 2 aromatic heterocycles. The lowest BCUT2D eigenvalue weighted by atomic mass is 10.1. The third kappa shape index (κ3) is 2.92. The van der Waals surface area contributed by atoms with E-state index in [1.807, 2.05) is 0 Å². The molecule has 4 heteroatoms. The summed E-state index contributed by atoms with van der Waals surface area (Å²) in [6, 6.07) is 34.4. The molecule has 0 saturated carbocycles. The molecule has 32 heavy (non-hydrogen) atoms. The Morgan fingerprint density at radius 1 is 0.438 bits per heavy atom. The maximum atomic E-state index is 4.96. The first-order valence-corrected chi connectivity index (χ1v) is 12.1. The molecular weight excluding hydrogens is 428 g/mol. The molecule has 7 aromatic rings. The average molecular weight is 445 g/mol. The molecule has 0 fully saturated rings. The highest BCUT2D eigenvalue weighted by Gasteiger charge is 2.12. The molecule has 0 N–H and O–H groups in total. The van der Waals surface area contributed by atoms with Gasteiger partial charge in [0.25, 0.3) is 0 Å². The Morgan fingerprint density at radius 3 is 1.34 bits per heavy atom. The Balaban J connectivity index is 1.32. The molecule has 0 aliphatic carbocycles. The highest BCUT2D eigenvalue weighted by Crippen LogP contribution is 2.37. The Kier molecular flexibility index (Phi) is 3.92. The predicted octanol–water partition coefficient (Wildman–Crippen LogP) is 8.55. The maximum Gasteiger partial charge on any atom is 0.124 e. The molecule has 2 heterocycles. The fraction of sp³-hybridized carbons (Fsp3) is 0. The second-order valence-corrected chi connectivity index (χ2v) is 10.0. The standard InChI is InChI=1S/C28H16N2S2/c1-3-7-19-13-21(11-9-17(19)5-1)27-29-23-15-26-24(16-25(23)31-27)30-28(32-26)22-12-10-18-6-2-4-8-20(18)14-22/h1-16H. The van der Waals surface area contributed by atoms with Gasteiger partial charge >= 0.3 is 0 Å². The summed E-state index contributed by atoms with van der Waals surface area (Å²) in [5.41, 5.74) is 4.41. The van der Waals surface area contributed by atoms with Gasteiger partial charge in [-0.05, 0) is 45.8 Å². The van der Waals surface area contributed by atoms with Crippen molar-refractivity contribution in [3.05, 3.63) is 97.1 Å². The van der Waals surface area contributed by atoms with Crippen LogP contribution in [0.1, 0.15) is 0 Å². The molecule has 0 radical (unpaired) electrons. The van der Waals surface area contributed by atoms with Crippen molar-refractivity contribution < 1.29 is 0 Å². The zero-order valence-electron chi connectivity index (χ0n) is 16.9. The second kappa shape index (κ2) is 6.95. The zero-order chi connectivity index (χ0) is 21.1. The van der Waals surface area contributed by atoms with Gasteiger partial charge in [0.2, 0.25) is 0 Å².